The number of nitrogens with zero attached hydrogens (tertiary/aromatic N) is 11. The first kappa shape index (κ1) is 70.7. The van der Waals surface area contributed by atoms with Gasteiger partial charge in [0.25, 0.3) is 0 Å². The smallest absolute Gasteiger partial charge is 0.229 e. The van der Waals surface area contributed by atoms with Crippen molar-refractivity contribution in [3.8, 4) is 45.3 Å². The van der Waals surface area contributed by atoms with Crippen LogP contribution in [0.2, 0.25) is 10.0 Å². The molecule has 6 aromatic heterocycles. The minimum absolute atomic E-state index is 0.00225. The van der Waals surface area contributed by atoms with Crippen molar-refractivity contribution >= 4 is 126 Å². The highest BCUT2D eigenvalue weighted by Crippen LogP contribution is 2.40. The van der Waals surface area contributed by atoms with Crippen LogP contribution in [-0.2, 0) is 33.6 Å². The van der Waals surface area contributed by atoms with Gasteiger partial charge in [0, 0.05) is 110 Å². The van der Waals surface area contributed by atoms with Gasteiger partial charge in [-0.05, 0) is 184 Å². The molecule has 6 aromatic carbocycles. The fourth-order valence-corrected chi connectivity index (χ4v) is 13.7. The monoisotopic (exact) mass is 1430 g/mol. The number of carbonyl (C=O) groups excluding carboxylic acids is 3. The van der Waals surface area contributed by atoms with Crippen LogP contribution in [0.3, 0.4) is 0 Å². The number of benzene rings is 6. The zero-order valence-corrected chi connectivity index (χ0v) is 59.2. The molecule has 0 unspecified atom stereocenters. The summed E-state index contributed by atoms with van der Waals surface area (Å²) >= 11 is 13.1. The lowest BCUT2D eigenvalue weighted by molar-refractivity contribution is -0.114. The number of hydrogen-bond donors (Lipinski definition) is 7. The lowest BCUT2D eigenvalue weighted by atomic mass is 10.0. The van der Waals surface area contributed by atoms with Crippen LogP contribution in [0, 0.1) is 0 Å². The van der Waals surface area contributed by atoms with E-state index in [1.165, 1.54) is 68.9 Å². The van der Waals surface area contributed by atoms with Crippen LogP contribution in [0.4, 0.5) is 52.0 Å². The Morgan fingerprint density at radius 3 is 1.50 bits per heavy atom. The van der Waals surface area contributed by atoms with Gasteiger partial charge in [-0.25, -0.2) is 15.0 Å². The molecule has 3 aliphatic rings. The molecule has 7 N–H and O–H groups in total. The normalized spacial score (nSPS) is 13.7. The summed E-state index contributed by atoms with van der Waals surface area (Å²) in [4.78, 5) is 74.1. The van der Waals surface area contributed by atoms with Gasteiger partial charge in [-0.1, -0.05) is 79.3 Å². The molecule has 3 saturated heterocycles. The third kappa shape index (κ3) is 16.9. The highest BCUT2D eigenvalue weighted by molar-refractivity contribution is 6.34. The second-order valence-electron chi connectivity index (χ2n) is 25.7. The Balaban J connectivity index is 0.000000139. The number of phenols is 1. The largest absolute Gasteiger partial charge is 0.506 e. The molecule has 528 valence electrons. The molecule has 0 spiro atoms. The summed E-state index contributed by atoms with van der Waals surface area (Å²) in [6.07, 6.45) is 20.8. The third-order valence-electron chi connectivity index (χ3n) is 18.5. The van der Waals surface area contributed by atoms with E-state index < -0.39 is 0 Å². The standard InChI is InChI=1S/C27H27ClN6O2.C27H27N5O.C26H25ClN6O2/c1-3-19(35)13-17-7-9-22(28)20(14-17)25-21-16-29-33-26(21)32-27(31-25)30-18-8-10-24(36-2)23(15-18)34-11-5-4-6-12-34;1-2-23(33)17-19-8-6-9-20(16-19)25-24-12-13-28-26(24)31-27(30-25)29-21-10-7-11-22(18-21)32-14-4-3-5-15-32;1-2-18(34)12-16-6-8-21(27)19(13-16)24-20-15-28-32-25(20)31-26(30-24)29-17-7-9-23(35)22(14-17)33-10-4-3-5-11-33/h3,7-10,14-16H,1,4-6,11-13H2,2H3,(H2,29,30,31,32,33);2,6-13,16,18H,1,3-5,14-15,17H2,(H2,28,29,30,31);2,6-9,13-15,35H,1,3-5,10-12H2,(H2,28,29,30,31,32). The van der Waals surface area contributed by atoms with Gasteiger partial charge in [-0.15, -0.1) is 0 Å². The number of piperidine rings is 3. The first-order chi connectivity index (χ1) is 50.8. The van der Waals surface area contributed by atoms with Gasteiger partial charge in [0.2, 0.25) is 17.8 Å². The zero-order valence-electron chi connectivity index (χ0n) is 57.7. The second kappa shape index (κ2) is 32.9. The van der Waals surface area contributed by atoms with Crippen molar-refractivity contribution in [1.29, 1.82) is 0 Å². The van der Waals surface area contributed by atoms with Gasteiger partial charge in [0.15, 0.2) is 28.6 Å². The Kier molecular flexibility index (Phi) is 22.4. The van der Waals surface area contributed by atoms with Crippen molar-refractivity contribution in [3.05, 3.63) is 211 Å². The average Bonchev–Trinajstić information content (AvgIpc) is 1.56. The summed E-state index contributed by atoms with van der Waals surface area (Å²) in [5.74, 6) is 2.24. The number of nitrogens with one attached hydrogen (secondary N) is 6. The molecular weight excluding hydrogens is 1350 g/mol. The van der Waals surface area contributed by atoms with Gasteiger partial charge in [-0.2, -0.15) is 25.1 Å². The van der Waals surface area contributed by atoms with Gasteiger partial charge in [0.05, 0.1) is 68.8 Å². The maximum atomic E-state index is 11.9. The van der Waals surface area contributed by atoms with E-state index in [4.69, 9.17) is 42.9 Å². The lowest BCUT2D eigenvalue weighted by Gasteiger charge is -2.30. The molecule has 3 fully saturated rings. The number of hydrogen-bond acceptors (Lipinski definition) is 19. The Hall–Kier alpha value is -11.8. The third-order valence-corrected chi connectivity index (χ3v) is 19.2. The summed E-state index contributed by atoms with van der Waals surface area (Å²) in [6.45, 7) is 16.7. The molecule has 0 amide bonds. The zero-order chi connectivity index (χ0) is 72.1. The van der Waals surface area contributed by atoms with E-state index in [9.17, 15) is 19.5 Å². The molecule has 24 heteroatoms. The number of rotatable bonds is 22. The number of allylic oxidation sites excluding steroid dienone is 3. The minimum Gasteiger partial charge on any atom is -0.506 e. The molecule has 104 heavy (non-hydrogen) atoms. The molecule has 9 heterocycles. The highest BCUT2D eigenvalue weighted by Gasteiger charge is 2.23. The molecule has 22 nitrogen and oxygen atoms in total. The van der Waals surface area contributed by atoms with E-state index in [-0.39, 0.29) is 35.9 Å². The average molecular weight is 1430 g/mol. The van der Waals surface area contributed by atoms with E-state index in [0.29, 0.717) is 73.5 Å². The molecule has 0 radical (unpaired) electrons. The number of aromatic hydroxyl groups is 1. The predicted octanol–water partition coefficient (Wildman–Crippen LogP) is 16.8. The Bertz CT molecular complexity index is 5150. The van der Waals surface area contributed by atoms with Crippen molar-refractivity contribution in [2.75, 3.05) is 77.0 Å². The maximum Gasteiger partial charge on any atom is 0.229 e. The molecule has 0 atom stereocenters. The summed E-state index contributed by atoms with van der Waals surface area (Å²) in [7, 11) is 1.69. The maximum absolute atomic E-state index is 11.9. The van der Waals surface area contributed by atoms with Gasteiger partial charge in [0.1, 0.15) is 17.1 Å². The first-order valence-electron chi connectivity index (χ1n) is 34.8. The number of methoxy groups -OCH3 is 1. The van der Waals surface area contributed by atoms with Crippen LogP contribution in [0.1, 0.15) is 74.5 Å². The lowest BCUT2D eigenvalue weighted by Crippen LogP contribution is -2.29. The van der Waals surface area contributed by atoms with Crippen molar-refractivity contribution in [1.82, 2.24) is 55.3 Å². The minimum atomic E-state index is -0.0754. The Labute approximate surface area is 611 Å². The predicted molar refractivity (Wildman–Crippen MR) is 416 cm³/mol. The summed E-state index contributed by atoms with van der Waals surface area (Å²) in [5.41, 5.74) is 14.5. The number of halogens is 2. The fourth-order valence-electron chi connectivity index (χ4n) is 13.2. The molecule has 0 aliphatic carbocycles. The fraction of sp³-hybridized carbons (Fsp3) is 0.237. The first-order valence-corrected chi connectivity index (χ1v) is 35.6. The van der Waals surface area contributed by atoms with Crippen LogP contribution < -0.4 is 35.4 Å². The Morgan fingerprint density at radius 1 is 0.490 bits per heavy atom. The molecule has 3 aliphatic heterocycles. The van der Waals surface area contributed by atoms with Crippen LogP contribution in [0.5, 0.6) is 11.5 Å². The van der Waals surface area contributed by atoms with E-state index in [0.717, 1.165) is 131 Å². The van der Waals surface area contributed by atoms with Crippen molar-refractivity contribution < 1.29 is 24.2 Å². The number of carbonyl (C=O) groups is 3. The highest BCUT2D eigenvalue weighted by atomic mass is 35.5. The molecule has 15 rings (SSSR count). The number of ketones is 3. The van der Waals surface area contributed by atoms with E-state index in [1.54, 1.807) is 43.8 Å². The summed E-state index contributed by atoms with van der Waals surface area (Å²) < 4.78 is 5.63. The SMILES string of the molecule is C=CC(=O)Cc1ccc(Cl)c(-c2nc(Nc3ccc(O)c(N4CCCCC4)c3)nc3[nH]ncc23)c1.C=CC(=O)Cc1ccc(Cl)c(-c2nc(Nc3ccc(OC)c(N4CCCCC4)c3)nc3[nH]ncc23)c1.C=CC(=O)Cc1cccc(-c2nc(Nc3cccc(N4CCCCC4)c3)nc3[nH]ccc23)c1. The number of phenolic OH excluding ortho intramolecular Hbond substituents is 1. The topological polar surface area (TPSA) is 277 Å². The quantitative estimate of drug-likeness (QED) is 0.0245. The number of aromatic amines is 3. The Morgan fingerprint density at radius 2 is 0.962 bits per heavy atom. The van der Waals surface area contributed by atoms with Gasteiger partial charge < -0.3 is 45.5 Å². The second-order valence-corrected chi connectivity index (χ2v) is 26.5. The summed E-state index contributed by atoms with van der Waals surface area (Å²) in [6, 6.07) is 40.6. The van der Waals surface area contributed by atoms with Gasteiger partial charge >= 0.3 is 0 Å². The molecule has 12 aromatic rings. The summed E-state index contributed by atoms with van der Waals surface area (Å²) in [5, 5.41) is 38.0. The molecule has 0 saturated carbocycles. The van der Waals surface area contributed by atoms with Crippen molar-refractivity contribution in [3.63, 3.8) is 0 Å². The van der Waals surface area contributed by atoms with E-state index >= 15 is 0 Å². The van der Waals surface area contributed by atoms with Crippen LogP contribution >= 0.6 is 23.2 Å². The number of ether oxygens (including phenoxy) is 1. The van der Waals surface area contributed by atoms with Crippen LogP contribution in [-0.4, -0.2) is 124 Å². The van der Waals surface area contributed by atoms with Gasteiger partial charge in [-0.3, -0.25) is 24.6 Å². The number of anilines is 9. The van der Waals surface area contributed by atoms with Crippen molar-refractivity contribution in [2.45, 2.75) is 77.0 Å². The molecular formula is C80H79Cl2N17O5. The number of fused-ring (bicyclic) bond motifs is 3. The number of H-pyrrole nitrogens is 3. The van der Waals surface area contributed by atoms with Crippen LogP contribution in [0.15, 0.2) is 184 Å². The molecule has 0 bridgehead atoms. The van der Waals surface area contributed by atoms with Crippen molar-refractivity contribution in [2.24, 2.45) is 0 Å². The van der Waals surface area contributed by atoms with Crippen LogP contribution in [0.25, 0.3) is 66.9 Å². The van der Waals surface area contributed by atoms with E-state index in [2.05, 4.69) is 115 Å². The number of aromatic nitrogens is 11. The van der Waals surface area contributed by atoms with E-state index in [1.807, 2.05) is 85.1 Å².